The van der Waals surface area contributed by atoms with Gasteiger partial charge in [-0.1, -0.05) is 6.07 Å². The average molecular weight is 269 g/mol. The first-order valence-electron chi connectivity index (χ1n) is 5.42. The molecule has 0 aliphatic heterocycles. The molecule has 1 aromatic heterocycles. The normalized spacial score (nSPS) is 12.7. The van der Waals surface area contributed by atoms with E-state index in [1.54, 1.807) is 0 Å². The highest BCUT2D eigenvalue weighted by molar-refractivity contribution is 7.09. The summed E-state index contributed by atoms with van der Waals surface area (Å²) in [5.74, 6) is 4.22. The Morgan fingerprint density at radius 1 is 1.44 bits per heavy atom. The van der Waals surface area contributed by atoms with E-state index in [1.807, 2.05) is 12.3 Å². The Kier molecular flexibility index (Phi) is 4.00. The highest BCUT2D eigenvalue weighted by Gasteiger charge is 2.16. The summed E-state index contributed by atoms with van der Waals surface area (Å²) in [5, 5.41) is 2.85. The van der Waals surface area contributed by atoms with Gasteiger partial charge in [-0.3, -0.25) is 11.3 Å². The summed E-state index contributed by atoms with van der Waals surface area (Å²) < 4.78 is 26.5. The summed E-state index contributed by atoms with van der Waals surface area (Å²) in [6.07, 6.45) is 0.462. The Morgan fingerprint density at radius 3 is 2.78 bits per heavy atom. The van der Waals surface area contributed by atoms with Crippen LogP contribution in [0.2, 0.25) is 0 Å². The van der Waals surface area contributed by atoms with Crippen LogP contribution >= 0.6 is 11.3 Å². The highest BCUT2D eigenvalue weighted by atomic mass is 32.1. The van der Waals surface area contributed by atoms with Crippen molar-refractivity contribution in [1.82, 2.24) is 10.4 Å². The van der Waals surface area contributed by atoms with Gasteiger partial charge in [0.1, 0.15) is 11.6 Å². The van der Waals surface area contributed by atoms with Crippen LogP contribution in [-0.4, -0.2) is 4.98 Å². The molecular weight excluding hydrogens is 256 g/mol. The molecule has 1 heterocycles. The average Bonchev–Trinajstić information content (AvgIpc) is 2.72. The minimum absolute atomic E-state index is 0.338. The van der Waals surface area contributed by atoms with Gasteiger partial charge >= 0.3 is 0 Å². The molecule has 0 radical (unpaired) electrons. The first kappa shape index (κ1) is 13.1. The fraction of sp³-hybridized carbons (Fsp3) is 0.250. The molecule has 1 aromatic carbocycles. The van der Waals surface area contributed by atoms with Gasteiger partial charge in [-0.05, 0) is 13.0 Å². The highest BCUT2D eigenvalue weighted by Crippen LogP contribution is 2.22. The standard InChI is InChI=1S/C12H13F2N3S/c1-7-16-9(6-18-7)5-12(17-15)10-3-2-8(13)4-11(10)14/h2-4,6,12,17H,5,15H2,1H3. The fourth-order valence-corrected chi connectivity index (χ4v) is 2.38. The molecule has 2 rings (SSSR count). The maximum Gasteiger partial charge on any atom is 0.130 e. The van der Waals surface area contributed by atoms with Gasteiger partial charge in [-0.2, -0.15) is 0 Å². The molecule has 0 saturated heterocycles. The Labute approximate surface area is 108 Å². The number of halogens is 2. The summed E-state index contributed by atoms with van der Waals surface area (Å²) in [6.45, 7) is 1.90. The molecule has 6 heteroatoms. The lowest BCUT2D eigenvalue weighted by atomic mass is 10.0. The van der Waals surface area contributed by atoms with Crippen LogP contribution in [0.5, 0.6) is 0 Å². The Bertz CT molecular complexity index is 542. The van der Waals surface area contributed by atoms with E-state index >= 15 is 0 Å². The predicted octanol–water partition coefficient (Wildman–Crippen LogP) is 2.48. The van der Waals surface area contributed by atoms with E-state index in [2.05, 4.69) is 10.4 Å². The van der Waals surface area contributed by atoms with Crippen molar-refractivity contribution in [2.24, 2.45) is 5.84 Å². The molecule has 0 bridgehead atoms. The van der Waals surface area contributed by atoms with Gasteiger partial charge in [0.2, 0.25) is 0 Å². The summed E-state index contributed by atoms with van der Waals surface area (Å²) >= 11 is 1.53. The minimum Gasteiger partial charge on any atom is -0.271 e. The molecule has 1 unspecified atom stereocenters. The first-order chi connectivity index (χ1) is 8.60. The summed E-state index contributed by atoms with van der Waals surface area (Å²) in [7, 11) is 0. The zero-order valence-corrected chi connectivity index (χ0v) is 10.6. The van der Waals surface area contributed by atoms with E-state index in [4.69, 9.17) is 5.84 Å². The van der Waals surface area contributed by atoms with Gasteiger partial charge in [-0.15, -0.1) is 11.3 Å². The van der Waals surface area contributed by atoms with Crippen LogP contribution < -0.4 is 11.3 Å². The number of aromatic nitrogens is 1. The lowest BCUT2D eigenvalue weighted by Gasteiger charge is -2.15. The van der Waals surface area contributed by atoms with Crippen LogP contribution in [0.25, 0.3) is 0 Å². The smallest absolute Gasteiger partial charge is 0.130 e. The molecule has 1 atom stereocenters. The number of benzene rings is 1. The van der Waals surface area contributed by atoms with Crippen LogP contribution in [0, 0.1) is 18.6 Å². The van der Waals surface area contributed by atoms with Gasteiger partial charge < -0.3 is 0 Å². The number of nitrogens with two attached hydrogens (primary N) is 1. The van der Waals surface area contributed by atoms with Gasteiger partial charge in [0.05, 0.1) is 16.7 Å². The van der Waals surface area contributed by atoms with Crippen molar-refractivity contribution < 1.29 is 8.78 Å². The number of rotatable bonds is 4. The minimum atomic E-state index is -0.607. The van der Waals surface area contributed by atoms with Crippen LogP contribution in [0.4, 0.5) is 8.78 Å². The maximum atomic E-state index is 13.6. The number of hydrazine groups is 1. The topological polar surface area (TPSA) is 50.9 Å². The molecule has 0 fully saturated rings. The second-order valence-electron chi connectivity index (χ2n) is 3.95. The monoisotopic (exact) mass is 269 g/mol. The van der Waals surface area contributed by atoms with Gasteiger partial charge in [0.25, 0.3) is 0 Å². The quantitative estimate of drug-likeness (QED) is 0.662. The van der Waals surface area contributed by atoms with Crippen molar-refractivity contribution in [3.8, 4) is 0 Å². The Balaban J connectivity index is 2.22. The largest absolute Gasteiger partial charge is 0.271 e. The van der Waals surface area contributed by atoms with E-state index in [0.717, 1.165) is 16.8 Å². The van der Waals surface area contributed by atoms with Gasteiger partial charge in [0, 0.05) is 23.4 Å². The van der Waals surface area contributed by atoms with Gasteiger partial charge in [0.15, 0.2) is 0 Å². The number of thiazole rings is 1. The fourth-order valence-electron chi connectivity index (χ4n) is 1.75. The van der Waals surface area contributed by atoms with Crippen LogP contribution in [0.15, 0.2) is 23.6 Å². The summed E-state index contributed by atoms with van der Waals surface area (Å²) in [6, 6.07) is 3.04. The zero-order valence-electron chi connectivity index (χ0n) is 9.78. The van der Waals surface area contributed by atoms with E-state index < -0.39 is 17.7 Å². The Hall–Kier alpha value is -1.37. The number of nitrogens with one attached hydrogen (secondary N) is 1. The summed E-state index contributed by atoms with van der Waals surface area (Å²) in [5.41, 5.74) is 3.71. The lowest BCUT2D eigenvalue weighted by molar-refractivity contribution is 0.499. The Morgan fingerprint density at radius 2 is 2.22 bits per heavy atom. The number of aryl methyl sites for hydroxylation is 1. The number of hydrogen-bond donors (Lipinski definition) is 2. The second kappa shape index (κ2) is 5.51. The molecule has 3 N–H and O–H groups in total. The molecule has 96 valence electrons. The van der Waals surface area contributed by atoms with Crippen molar-refractivity contribution in [2.75, 3.05) is 0 Å². The molecule has 0 spiro atoms. The molecule has 3 nitrogen and oxygen atoms in total. The molecular formula is C12H13F2N3S. The summed E-state index contributed by atoms with van der Waals surface area (Å²) in [4.78, 5) is 4.30. The molecule has 0 aliphatic rings. The van der Waals surface area contributed by atoms with Crippen molar-refractivity contribution >= 4 is 11.3 Å². The first-order valence-corrected chi connectivity index (χ1v) is 6.30. The second-order valence-corrected chi connectivity index (χ2v) is 5.01. The molecule has 18 heavy (non-hydrogen) atoms. The molecule has 0 saturated carbocycles. The third kappa shape index (κ3) is 2.90. The van der Waals surface area contributed by atoms with Crippen molar-refractivity contribution in [2.45, 2.75) is 19.4 Å². The predicted molar refractivity (Wildman–Crippen MR) is 67.0 cm³/mol. The van der Waals surface area contributed by atoms with E-state index in [-0.39, 0.29) is 0 Å². The molecule has 0 amide bonds. The lowest BCUT2D eigenvalue weighted by Crippen LogP contribution is -2.30. The SMILES string of the molecule is Cc1nc(CC(NN)c2ccc(F)cc2F)cs1. The maximum absolute atomic E-state index is 13.6. The van der Waals surface area contributed by atoms with Crippen molar-refractivity contribution in [1.29, 1.82) is 0 Å². The van der Waals surface area contributed by atoms with E-state index in [1.165, 1.54) is 23.5 Å². The van der Waals surface area contributed by atoms with Crippen molar-refractivity contribution in [3.63, 3.8) is 0 Å². The van der Waals surface area contributed by atoms with E-state index in [0.29, 0.717) is 12.0 Å². The molecule has 0 aliphatic carbocycles. The van der Waals surface area contributed by atoms with Gasteiger partial charge in [-0.25, -0.2) is 13.8 Å². The van der Waals surface area contributed by atoms with Crippen LogP contribution in [-0.2, 0) is 6.42 Å². The number of hydrogen-bond acceptors (Lipinski definition) is 4. The zero-order chi connectivity index (χ0) is 13.1. The third-order valence-electron chi connectivity index (χ3n) is 2.62. The number of nitrogens with zero attached hydrogens (tertiary/aromatic N) is 1. The van der Waals surface area contributed by atoms with Crippen LogP contribution in [0.3, 0.4) is 0 Å². The van der Waals surface area contributed by atoms with Crippen molar-refractivity contribution in [3.05, 3.63) is 51.5 Å². The third-order valence-corrected chi connectivity index (χ3v) is 3.44. The molecule has 2 aromatic rings. The van der Waals surface area contributed by atoms with E-state index in [9.17, 15) is 8.78 Å². The van der Waals surface area contributed by atoms with Crippen LogP contribution in [0.1, 0.15) is 22.3 Å².